The number of rotatable bonds is 6. The van der Waals surface area contributed by atoms with Crippen LogP contribution in [0.1, 0.15) is 54.2 Å². The number of nitrogens with zero attached hydrogens (tertiary/aromatic N) is 3. The van der Waals surface area contributed by atoms with E-state index in [2.05, 4.69) is 10.2 Å². The first kappa shape index (κ1) is 22.3. The molecule has 0 spiro atoms. The van der Waals surface area contributed by atoms with Gasteiger partial charge in [0.05, 0.1) is 22.7 Å². The summed E-state index contributed by atoms with van der Waals surface area (Å²) in [6.07, 6.45) is 1.89. The van der Waals surface area contributed by atoms with Gasteiger partial charge in [-0.2, -0.15) is 5.10 Å². The molecule has 34 heavy (non-hydrogen) atoms. The van der Waals surface area contributed by atoms with Crippen LogP contribution in [0.5, 0.6) is 0 Å². The van der Waals surface area contributed by atoms with Crippen LogP contribution in [0.3, 0.4) is 0 Å². The van der Waals surface area contributed by atoms with Gasteiger partial charge in [-0.05, 0) is 43.5 Å². The third kappa shape index (κ3) is 3.87. The SMILES string of the molecule is CCN(C(=O)C1CC1)C1CN(C(=O)c2cc(C(C)c3n[nH]c(=O)c4ccccc34)ccc2F)C1. The second kappa shape index (κ2) is 8.66. The number of hydrogen-bond acceptors (Lipinski definition) is 4. The third-order valence-electron chi connectivity index (χ3n) is 7.00. The van der Waals surface area contributed by atoms with Gasteiger partial charge < -0.3 is 9.80 Å². The zero-order chi connectivity index (χ0) is 24.0. The number of amides is 2. The smallest absolute Gasteiger partial charge is 0.272 e. The number of aromatic amines is 1. The first-order valence-corrected chi connectivity index (χ1v) is 11.8. The molecule has 1 aliphatic heterocycles. The molecule has 0 radical (unpaired) electrons. The summed E-state index contributed by atoms with van der Waals surface area (Å²) >= 11 is 0. The number of nitrogens with one attached hydrogen (secondary N) is 1. The Morgan fingerprint density at radius 2 is 1.88 bits per heavy atom. The van der Waals surface area contributed by atoms with Crippen molar-refractivity contribution in [3.05, 3.63) is 75.5 Å². The maximum atomic E-state index is 14.7. The Hall–Kier alpha value is -3.55. The summed E-state index contributed by atoms with van der Waals surface area (Å²) in [6, 6.07) is 11.7. The minimum absolute atomic E-state index is 0.00750. The van der Waals surface area contributed by atoms with Crippen molar-refractivity contribution in [2.75, 3.05) is 19.6 Å². The average molecular weight is 463 g/mol. The number of carbonyl (C=O) groups excluding carboxylic acids is 2. The van der Waals surface area contributed by atoms with Gasteiger partial charge in [-0.3, -0.25) is 14.4 Å². The van der Waals surface area contributed by atoms with Gasteiger partial charge in [0.15, 0.2) is 0 Å². The molecule has 1 aliphatic carbocycles. The van der Waals surface area contributed by atoms with E-state index in [0.717, 1.165) is 23.8 Å². The topological polar surface area (TPSA) is 86.4 Å². The fourth-order valence-corrected chi connectivity index (χ4v) is 4.75. The number of halogens is 1. The van der Waals surface area contributed by atoms with Gasteiger partial charge >= 0.3 is 0 Å². The lowest BCUT2D eigenvalue weighted by atomic mass is 9.92. The van der Waals surface area contributed by atoms with Gasteiger partial charge in [0.2, 0.25) is 5.91 Å². The number of benzene rings is 2. The summed E-state index contributed by atoms with van der Waals surface area (Å²) in [5.74, 6) is -0.924. The van der Waals surface area contributed by atoms with Crippen molar-refractivity contribution in [1.82, 2.24) is 20.0 Å². The molecule has 2 amide bonds. The lowest BCUT2D eigenvalue weighted by Crippen LogP contribution is -2.62. The van der Waals surface area contributed by atoms with Gasteiger partial charge in [-0.15, -0.1) is 0 Å². The summed E-state index contributed by atoms with van der Waals surface area (Å²) < 4.78 is 14.7. The number of aromatic nitrogens is 2. The van der Waals surface area contributed by atoms with Crippen molar-refractivity contribution in [3.8, 4) is 0 Å². The fourth-order valence-electron chi connectivity index (χ4n) is 4.75. The Bertz CT molecular complexity index is 1330. The first-order chi connectivity index (χ1) is 16.4. The van der Waals surface area contributed by atoms with Gasteiger partial charge in [-0.1, -0.05) is 31.2 Å². The molecule has 3 aromatic rings. The Morgan fingerprint density at radius 3 is 2.56 bits per heavy atom. The summed E-state index contributed by atoms with van der Waals surface area (Å²) in [6.45, 7) is 5.30. The highest BCUT2D eigenvalue weighted by Crippen LogP contribution is 2.33. The van der Waals surface area contributed by atoms with E-state index >= 15 is 0 Å². The van der Waals surface area contributed by atoms with Crippen LogP contribution in [-0.4, -0.2) is 57.5 Å². The zero-order valence-corrected chi connectivity index (χ0v) is 19.3. The van der Waals surface area contributed by atoms with Crippen LogP contribution in [0, 0.1) is 11.7 Å². The van der Waals surface area contributed by atoms with Crippen LogP contribution in [0.2, 0.25) is 0 Å². The molecular weight excluding hydrogens is 435 g/mol. The lowest BCUT2D eigenvalue weighted by Gasteiger charge is -2.45. The molecule has 2 heterocycles. The van der Waals surface area contributed by atoms with E-state index in [-0.39, 0.29) is 40.8 Å². The van der Waals surface area contributed by atoms with Crippen molar-refractivity contribution in [2.24, 2.45) is 5.92 Å². The van der Waals surface area contributed by atoms with Gasteiger partial charge in [0.25, 0.3) is 11.5 Å². The first-order valence-electron chi connectivity index (χ1n) is 11.8. The molecule has 2 fully saturated rings. The Balaban J connectivity index is 1.36. The average Bonchev–Trinajstić information content (AvgIpc) is 3.66. The van der Waals surface area contributed by atoms with E-state index in [9.17, 15) is 18.8 Å². The molecule has 7 nitrogen and oxygen atoms in total. The molecule has 2 aromatic carbocycles. The van der Waals surface area contributed by atoms with Crippen LogP contribution in [0.15, 0.2) is 47.3 Å². The number of hydrogen-bond donors (Lipinski definition) is 1. The number of likely N-dealkylation sites (N-methyl/N-ethyl adjacent to an activating group) is 1. The molecule has 0 bridgehead atoms. The van der Waals surface area contributed by atoms with E-state index in [1.54, 1.807) is 29.2 Å². The number of fused-ring (bicyclic) bond motifs is 1. The van der Waals surface area contributed by atoms with Gasteiger partial charge in [-0.25, -0.2) is 9.49 Å². The maximum Gasteiger partial charge on any atom is 0.272 e. The van der Waals surface area contributed by atoms with E-state index in [1.807, 2.05) is 30.9 Å². The summed E-state index contributed by atoms with van der Waals surface area (Å²) in [5.41, 5.74) is 1.12. The predicted molar refractivity (Wildman–Crippen MR) is 126 cm³/mol. The second-order valence-corrected chi connectivity index (χ2v) is 9.21. The minimum Gasteiger partial charge on any atom is -0.336 e. The molecular formula is C26H27FN4O3. The quantitative estimate of drug-likeness (QED) is 0.609. The molecule has 1 unspecified atom stereocenters. The standard InChI is InChI=1S/C26H27FN4O3/c1-3-31(25(33)16-8-9-16)18-13-30(14-18)26(34)21-12-17(10-11-22(21)27)15(2)23-19-6-4-5-7-20(19)24(32)29-28-23/h4-7,10-12,15-16,18H,3,8-9,13-14H2,1-2H3,(H,29,32). The van der Waals surface area contributed by atoms with Crippen LogP contribution in [0.25, 0.3) is 10.8 Å². The van der Waals surface area contributed by atoms with E-state index in [4.69, 9.17) is 0 Å². The van der Waals surface area contributed by atoms with Crippen molar-refractivity contribution < 1.29 is 14.0 Å². The highest BCUT2D eigenvalue weighted by molar-refractivity contribution is 5.95. The third-order valence-corrected chi connectivity index (χ3v) is 7.00. The van der Waals surface area contributed by atoms with Crippen LogP contribution in [0.4, 0.5) is 4.39 Å². The summed E-state index contributed by atoms with van der Waals surface area (Å²) in [7, 11) is 0. The zero-order valence-electron chi connectivity index (χ0n) is 19.3. The Morgan fingerprint density at radius 1 is 1.18 bits per heavy atom. The van der Waals surface area contributed by atoms with Crippen LogP contribution >= 0.6 is 0 Å². The molecule has 1 N–H and O–H groups in total. The minimum atomic E-state index is -0.579. The van der Waals surface area contributed by atoms with Crippen LogP contribution in [-0.2, 0) is 4.79 Å². The molecule has 2 aliphatic rings. The maximum absolute atomic E-state index is 14.7. The second-order valence-electron chi connectivity index (χ2n) is 9.21. The predicted octanol–water partition coefficient (Wildman–Crippen LogP) is 3.30. The molecule has 1 aromatic heterocycles. The number of likely N-dealkylation sites (tertiary alicyclic amines) is 1. The van der Waals surface area contributed by atoms with E-state index in [0.29, 0.717) is 30.7 Å². The van der Waals surface area contributed by atoms with Crippen molar-refractivity contribution in [1.29, 1.82) is 0 Å². The monoisotopic (exact) mass is 462 g/mol. The molecule has 1 atom stereocenters. The van der Waals surface area contributed by atoms with Gasteiger partial charge in [0, 0.05) is 36.9 Å². The van der Waals surface area contributed by atoms with E-state index in [1.165, 1.54) is 6.07 Å². The van der Waals surface area contributed by atoms with E-state index < -0.39 is 5.82 Å². The lowest BCUT2D eigenvalue weighted by molar-refractivity contribution is -0.137. The fraction of sp³-hybridized carbons (Fsp3) is 0.385. The largest absolute Gasteiger partial charge is 0.336 e. The number of carbonyl (C=O) groups is 2. The number of H-pyrrole nitrogens is 1. The highest BCUT2D eigenvalue weighted by Gasteiger charge is 2.41. The molecule has 1 saturated carbocycles. The van der Waals surface area contributed by atoms with Crippen molar-refractivity contribution in [3.63, 3.8) is 0 Å². The normalized spacial score (nSPS) is 16.9. The highest BCUT2D eigenvalue weighted by atomic mass is 19.1. The molecule has 1 saturated heterocycles. The molecule has 8 heteroatoms. The van der Waals surface area contributed by atoms with Gasteiger partial charge in [0.1, 0.15) is 5.82 Å². The summed E-state index contributed by atoms with van der Waals surface area (Å²) in [4.78, 5) is 41.2. The van der Waals surface area contributed by atoms with Crippen LogP contribution < -0.4 is 5.56 Å². The Kier molecular flexibility index (Phi) is 5.67. The molecule has 176 valence electrons. The van der Waals surface area contributed by atoms with Crippen molar-refractivity contribution >= 4 is 22.6 Å². The molecule has 5 rings (SSSR count). The summed E-state index contributed by atoms with van der Waals surface area (Å²) in [5, 5.41) is 8.04. The Labute approximate surface area is 196 Å². The van der Waals surface area contributed by atoms with Crippen molar-refractivity contribution in [2.45, 2.75) is 38.6 Å².